The predicted molar refractivity (Wildman–Crippen MR) is 126 cm³/mol. The second-order valence-corrected chi connectivity index (χ2v) is 9.69. The smallest absolute Gasteiger partial charge is 0.252 e. The summed E-state index contributed by atoms with van der Waals surface area (Å²) in [6, 6.07) is 15.9. The van der Waals surface area contributed by atoms with E-state index >= 15 is 0 Å². The molecule has 0 spiro atoms. The monoisotopic (exact) mass is 438 g/mol. The van der Waals surface area contributed by atoms with Crippen molar-refractivity contribution in [3.63, 3.8) is 0 Å². The summed E-state index contributed by atoms with van der Waals surface area (Å²) in [6.45, 7) is 2.42. The molecule has 1 fully saturated rings. The molecule has 4 N–H and O–H groups in total. The van der Waals surface area contributed by atoms with E-state index in [1.54, 1.807) is 0 Å². The Kier molecular flexibility index (Phi) is 3.05. The fraction of sp³-hybridized carbons (Fsp3) is 0.269. The molecule has 1 saturated heterocycles. The molecule has 0 radical (unpaired) electrons. The van der Waals surface area contributed by atoms with E-state index in [-0.39, 0.29) is 12.1 Å². The number of amides is 1. The van der Waals surface area contributed by atoms with Crippen molar-refractivity contribution >= 4 is 49.5 Å². The van der Waals surface area contributed by atoms with Crippen LogP contribution in [0.2, 0.25) is 0 Å². The fourth-order valence-electron chi connectivity index (χ4n) is 6.73. The first-order chi connectivity index (χ1) is 16.0. The number of aromatic nitrogens is 2. The van der Waals surface area contributed by atoms with Crippen LogP contribution >= 0.6 is 0 Å². The van der Waals surface area contributed by atoms with Gasteiger partial charge in [-0.1, -0.05) is 36.4 Å². The first kappa shape index (κ1) is 18.1. The van der Waals surface area contributed by atoms with Gasteiger partial charge < -0.3 is 30.0 Å². The Morgan fingerprint density at radius 2 is 1.76 bits per heavy atom. The lowest BCUT2D eigenvalue weighted by molar-refractivity contribution is -0.246. The van der Waals surface area contributed by atoms with E-state index in [2.05, 4.69) is 38.7 Å². The number of carbonyl (C=O) groups excluding carboxylic acids is 1. The van der Waals surface area contributed by atoms with Crippen LogP contribution in [0.3, 0.4) is 0 Å². The van der Waals surface area contributed by atoms with E-state index in [1.807, 2.05) is 31.2 Å². The van der Waals surface area contributed by atoms with E-state index in [9.17, 15) is 9.90 Å². The zero-order valence-electron chi connectivity index (χ0n) is 18.0. The van der Waals surface area contributed by atoms with Crippen molar-refractivity contribution in [3.05, 3.63) is 59.7 Å². The Bertz CT molecular complexity index is 1710. The minimum atomic E-state index is -1.05. The van der Waals surface area contributed by atoms with Gasteiger partial charge in [0.15, 0.2) is 5.72 Å². The molecule has 7 heteroatoms. The molecule has 7 nitrogen and oxygen atoms in total. The number of nitrogens with one attached hydrogen (secondary N) is 1. The average Bonchev–Trinajstić information content (AvgIpc) is 3.45. The largest absolute Gasteiger partial charge is 0.386 e. The number of nitrogens with two attached hydrogens (primary N) is 1. The van der Waals surface area contributed by atoms with Crippen LogP contribution in [0.25, 0.3) is 43.6 Å². The molecule has 0 saturated carbocycles. The van der Waals surface area contributed by atoms with Crippen LogP contribution in [0.4, 0.5) is 0 Å². The predicted octanol–water partition coefficient (Wildman–Crippen LogP) is 3.44. The van der Waals surface area contributed by atoms with Gasteiger partial charge >= 0.3 is 0 Å². The molecule has 5 heterocycles. The number of carbonyl (C=O) groups is 1. The standard InChI is InChI=1S/C26H22N4O3/c1-26-24(31)15(27)10-18(33-26)29-16-8-4-2-6-12(16)20-21-14(11-28-25(21)32)19-13-7-3-5-9-17(13)30(26)23(19)22(20)29/h2-9,15,18,24,31H,10-11,27H2,1H3,(H,28,32)/t15-,18?,24-,26?/m1/s1. The fourth-order valence-corrected chi connectivity index (χ4v) is 6.73. The van der Waals surface area contributed by atoms with Crippen molar-refractivity contribution in [3.8, 4) is 0 Å². The Morgan fingerprint density at radius 1 is 1.06 bits per heavy atom. The van der Waals surface area contributed by atoms with Gasteiger partial charge in [0, 0.05) is 40.6 Å². The van der Waals surface area contributed by atoms with Crippen molar-refractivity contribution in [2.24, 2.45) is 5.73 Å². The van der Waals surface area contributed by atoms with Crippen LogP contribution in [0, 0.1) is 0 Å². The lowest BCUT2D eigenvalue weighted by atomic mass is 9.94. The molecule has 2 bridgehead atoms. The normalized spacial score (nSPS) is 28.2. The van der Waals surface area contributed by atoms with Gasteiger partial charge in [0.2, 0.25) is 0 Å². The number of para-hydroxylation sites is 2. The van der Waals surface area contributed by atoms with Crippen molar-refractivity contribution in [1.82, 2.24) is 14.5 Å². The van der Waals surface area contributed by atoms with Crippen LogP contribution in [-0.4, -0.2) is 32.3 Å². The molecule has 3 aromatic carbocycles. The molecular weight excluding hydrogens is 416 g/mol. The summed E-state index contributed by atoms with van der Waals surface area (Å²) in [5.74, 6) is -0.0391. The molecule has 1 amide bonds. The first-order valence-electron chi connectivity index (χ1n) is 11.4. The van der Waals surface area contributed by atoms with Crippen molar-refractivity contribution in [2.75, 3.05) is 0 Å². The Morgan fingerprint density at radius 3 is 2.55 bits per heavy atom. The van der Waals surface area contributed by atoms with Gasteiger partial charge in [-0.25, -0.2) is 0 Å². The van der Waals surface area contributed by atoms with E-state index in [0.29, 0.717) is 13.0 Å². The van der Waals surface area contributed by atoms with Crippen LogP contribution in [0.5, 0.6) is 0 Å². The van der Waals surface area contributed by atoms with E-state index < -0.39 is 17.9 Å². The highest BCUT2D eigenvalue weighted by molar-refractivity contribution is 6.31. The maximum Gasteiger partial charge on any atom is 0.252 e. The lowest BCUT2D eigenvalue weighted by Crippen LogP contribution is -2.58. The summed E-state index contributed by atoms with van der Waals surface area (Å²) >= 11 is 0. The zero-order valence-corrected chi connectivity index (χ0v) is 18.0. The highest BCUT2D eigenvalue weighted by atomic mass is 16.6. The molecule has 5 aromatic rings. The third kappa shape index (κ3) is 1.85. The van der Waals surface area contributed by atoms with Crippen LogP contribution in [0.1, 0.15) is 35.5 Å². The van der Waals surface area contributed by atoms with E-state index in [4.69, 9.17) is 10.5 Å². The first-order valence-corrected chi connectivity index (χ1v) is 11.4. The van der Waals surface area contributed by atoms with Gasteiger partial charge in [0.05, 0.1) is 27.6 Å². The van der Waals surface area contributed by atoms with Crippen LogP contribution in [-0.2, 0) is 17.0 Å². The quantitative estimate of drug-likeness (QED) is 0.345. The highest BCUT2D eigenvalue weighted by Gasteiger charge is 2.51. The number of ether oxygens (including phenoxy) is 1. The van der Waals surface area contributed by atoms with Gasteiger partial charge in [0.1, 0.15) is 12.3 Å². The van der Waals surface area contributed by atoms with Gasteiger partial charge in [-0.15, -0.1) is 0 Å². The number of aliphatic hydroxyl groups excluding tert-OH is 1. The topological polar surface area (TPSA) is 94.4 Å². The maximum atomic E-state index is 13.2. The summed E-state index contributed by atoms with van der Waals surface area (Å²) in [5.41, 5.74) is 11.2. The number of fused-ring (bicyclic) bond motifs is 13. The molecule has 8 rings (SSSR count). The van der Waals surface area contributed by atoms with Gasteiger partial charge in [-0.3, -0.25) is 4.79 Å². The molecule has 164 valence electrons. The molecule has 2 aromatic heterocycles. The summed E-state index contributed by atoms with van der Waals surface area (Å²) in [5, 5.41) is 18.5. The molecule has 2 unspecified atom stereocenters. The Labute approximate surface area is 188 Å². The Balaban J connectivity index is 1.77. The van der Waals surface area contributed by atoms with Crippen molar-refractivity contribution < 1.29 is 14.6 Å². The summed E-state index contributed by atoms with van der Waals surface area (Å²) in [4.78, 5) is 13.2. The van der Waals surface area contributed by atoms with Gasteiger partial charge in [-0.2, -0.15) is 0 Å². The molecule has 4 atom stereocenters. The minimum Gasteiger partial charge on any atom is -0.386 e. The minimum absolute atomic E-state index is 0.0391. The molecule has 0 aliphatic carbocycles. The average molecular weight is 438 g/mol. The number of aliphatic hydroxyl groups is 1. The second kappa shape index (κ2) is 5.56. The van der Waals surface area contributed by atoms with Crippen LogP contribution in [0.15, 0.2) is 48.5 Å². The number of hydrogen-bond acceptors (Lipinski definition) is 4. The third-order valence-corrected chi connectivity index (χ3v) is 8.05. The van der Waals surface area contributed by atoms with Crippen LogP contribution < -0.4 is 11.1 Å². The van der Waals surface area contributed by atoms with Gasteiger partial charge in [0.25, 0.3) is 5.91 Å². The highest BCUT2D eigenvalue weighted by Crippen LogP contribution is 2.52. The maximum absolute atomic E-state index is 13.2. The third-order valence-electron chi connectivity index (χ3n) is 8.05. The lowest BCUT2D eigenvalue weighted by Gasteiger charge is -2.45. The molecule has 3 aliphatic heterocycles. The summed E-state index contributed by atoms with van der Waals surface area (Å²) in [7, 11) is 0. The SMILES string of the molecule is CC12OC(C[C@@H](N)[C@H]1O)n1c3ccccc3c3c4c(c5c6ccccc6n2c5c31)CNC4=O. The molecular formula is C26H22N4O3. The molecule has 3 aliphatic rings. The second-order valence-electron chi connectivity index (χ2n) is 9.69. The van der Waals surface area contributed by atoms with Crippen molar-refractivity contribution in [2.45, 2.75) is 44.0 Å². The number of benzene rings is 3. The zero-order chi connectivity index (χ0) is 22.2. The number of hydrogen-bond donors (Lipinski definition) is 3. The number of rotatable bonds is 0. The van der Waals surface area contributed by atoms with E-state index in [1.165, 1.54) is 0 Å². The van der Waals surface area contributed by atoms with E-state index in [0.717, 1.165) is 54.7 Å². The van der Waals surface area contributed by atoms with Crippen molar-refractivity contribution in [1.29, 1.82) is 0 Å². The summed E-state index contributed by atoms with van der Waals surface area (Å²) < 4.78 is 11.1. The number of nitrogens with zero attached hydrogens (tertiary/aromatic N) is 2. The van der Waals surface area contributed by atoms with Gasteiger partial charge in [-0.05, 0) is 24.6 Å². The summed E-state index contributed by atoms with van der Waals surface area (Å²) in [6.07, 6.45) is -0.759. The Hall–Kier alpha value is -3.39. The molecule has 33 heavy (non-hydrogen) atoms.